The molecule has 1 heterocycles. The second-order valence-electron chi connectivity index (χ2n) is 6.70. The fourth-order valence-corrected chi connectivity index (χ4v) is 3.89. The number of hydrogen-bond acceptors (Lipinski definition) is 4. The van der Waals surface area contributed by atoms with Crippen molar-refractivity contribution in [1.82, 2.24) is 9.97 Å². The Morgan fingerprint density at radius 3 is 2.60 bits per heavy atom. The average molecular weight is 438 g/mol. The number of fused-ring (bicyclic) bond motifs is 1. The number of thioether (sulfide) groups is 1. The maximum Gasteiger partial charge on any atom is 0.234 e. The van der Waals surface area contributed by atoms with Crippen molar-refractivity contribution >= 4 is 45.9 Å². The summed E-state index contributed by atoms with van der Waals surface area (Å²) in [6.45, 7) is 2.01. The molecule has 0 radical (unpaired) electrons. The molecule has 1 N–H and O–H groups in total. The highest BCUT2D eigenvalue weighted by molar-refractivity contribution is 8.00. The number of benzene rings is 3. The van der Waals surface area contributed by atoms with Crippen LogP contribution in [0, 0.1) is 12.7 Å². The zero-order chi connectivity index (χ0) is 21.1. The third kappa shape index (κ3) is 4.61. The van der Waals surface area contributed by atoms with Gasteiger partial charge in [0.2, 0.25) is 5.91 Å². The minimum atomic E-state index is -0.378. The fraction of sp³-hybridized carbons (Fsp3) is 0.0870. The summed E-state index contributed by atoms with van der Waals surface area (Å²) >= 11 is 7.33. The van der Waals surface area contributed by atoms with Gasteiger partial charge in [-0.2, -0.15) is 0 Å². The lowest BCUT2D eigenvalue weighted by Gasteiger charge is -2.10. The minimum Gasteiger partial charge on any atom is -0.324 e. The number of hydrogen-bond donors (Lipinski definition) is 1. The fourth-order valence-electron chi connectivity index (χ4n) is 2.90. The van der Waals surface area contributed by atoms with Crippen LogP contribution < -0.4 is 5.32 Å². The zero-order valence-electron chi connectivity index (χ0n) is 16.0. The van der Waals surface area contributed by atoms with Crippen LogP contribution in [0.15, 0.2) is 71.8 Å². The van der Waals surface area contributed by atoms with Crippen molar-refractivity contribution in [3.8, 4) is 11.4 Å². The van der Waals surface area contributed by atoms with Crippen molar-refractivity contribution in [3.63, 3.8) is 0 Å². The van der Waals surface area contributed by atoms with E-state index < -0.39 is 0 Å². The van der Waals surface area contributed by atoms with Gasteiger partial charge in [0.05, 0.1) is 22.0 Å². The molecule has 0 saturated heterocycles. The number of aromatic nitrogens is 2. The molecule has 0 atom stereocenters. The van der Waals surface area contributed by atoms with E-state index in [0.717, 1.165) is 11.1 Å². The number of nitrogens with zero attached hydrogens (tertiary/aromatic N) is 2. The Hall–Kier alpha value is -2.96. The van der Waals surface area contributed by atoms with Crippen LogP contribution >= 0.6 is 23.4 Å². The van der Waals surface area contributed by atoms with E-state index in [1.54, 1.807) is 30.3 Å². The maximum absolute atomic E-state index is 13.9. The molecular formula is C23H17ClFN3OS. The molecule has 1 amide bonds. The van der Waals surface area contributed by atoms with Gasteiger partial charge in [-0.05, 0) is 37.3 Å². The number of amides is 1. The monoisotopic (exact) mass is 437 g/mol. The van der Waals surface area contributed by atoms with Crippen molar-refractivity contribution in [3.05, 3.63) is 83.1 Å². The molecule has 0 bridgehead atoms. The SMILES string of the molecule is Cc1ccc(-c2nc(SCC(=O)Nc3ccccc3Cl)c3cc(F)ccc3n2)cc1. The summed E-state index contributed by atoms with van der Waals surface area (Å²) in [6, 6.07) is 19.3. The lowest BCUT2D eigenvalue weighted by molar-refractivity contribution is -0.113. The number of carbonyl (C=O) groups is 1. The second kappa shape index (κ2) is 8.81. The second-order valence-corrected chi connectivity index (χ2v) is 8.07. The maximum atomic E-state index is 13.9. The Morgan fingerprint density at radius 1 is 1.07 bits per heavy atom. The topological polar surface area (TPSA) is 54.9 Å². The van der Waals surface area contributed by atoms with Crippen molar-refractivity contribution in [1.29, 1.82) is 0 Å². The van der Waals surface area contributed by atoms with E-state index in [0.29, 0.717) is 32.5 Å². The highest BCUT2D eigenvalue weighted by atomic mass is 35.5. The Balaban J connectivity index is 1.63. The summed E-state index contributed by atoms with van der Waals surface area (Å²) in [4.78, 5) is 21.6. The number of carbonyl (C=O) groups excluding carboxylic acids is 1. The molecule has 0 fully saturated rings. The lowest BCUT2D eigenvalue weighted by Crippen LogP contribution is -2.14. The van der Waals surface area contributed by atoms with Gasteiger partial charge < -0.3 is 5.32 Å². The molecule has 0 unspecified atom stereocenters. The summed E-state index contributed by atoms with van der Waals surface area (Å²) < 4.78 is 13.9. The largest absolute Gasteiger partial charge is 0.324 e. The van der Waals surface area contributed by atoms with Crippen LogP contribution in [-0.4, -0.2) is 21.6 Å². The van der Waals surface area contributed by atoms with Gasteiger partial charge >= 0.3 is 0 Å². The van der Waals surface area contributed by atoms with Crippen LogP contribution in [0.5, 0.6) is 0 Å². The quantitative estimate of drug-likeness (QED) is 0.301. The van der Waals surface area contributed by atoms with Crippen LogP contribution in [0.1, 0.15) is 5.56 Å². The molecule has 0 aliphatic rings. The van der Waals surface area contributed by atoms with E-state index in [1.165, 1.54) is 23.9 Å². The predicted octanol–water partition coefficient (Wildman–Crippen LogP) is 6.13. The summed E-state index contributed by atoms with van der Waals surface area (Å²) in [7, 11) is 0. The number of aryl methyl sites for hydroxylation is 1. The third-order valence-electron chi connectivity index (χ3n) is 4.42. The number of para-hydroxylation sites is 1. The van der Waals surface area contributed by atoms with Crippen LogP contribution in [0.3, 0.4) is 0 Å². The summed E-state index contributed by atoms with van der Waals surface area (Å²) in [5.74, 6) is 0.0223. The molecular weight excluding hydrogens is 421 g/mol. The summed E-state index contributed by atoms with van der Waals surface area (Å²) in [5.41, 5.74) is 3.15. The molecule has 3 aromatic carbocycles. The number of halogens is 2. The van der Waals surface area contributed by atoms with Crippen LogP contribution in [-0.2, 0) is 4.79 Å². The van der Waals surface area contributed by atoms with Crippen LogP contribution in [0.2, 0.25) is 5.02 Å². The van der Waals surface area contributed by atoms with Crippen molar-refractivity contribution < 1.29 is 9.18 Å². The van der Waals surface area contributed by atoms with Crippen LogP contribution in [0.25, 0.3) is 22.3 Å². The van der Waals surface area contributed by atoms with E-state index in [1.807, 2.05) is 31.2 Å². The molecule has 1 aromatic heterocycles. The molecule has 7 heteroatoms. The number of rotatable bonds is 5. The first-order valence-corrected chi connectivity index (χ1v) is 10.6. The summed E-state index contributed by atoms with van der Waals surface area (Å²) in [6.07, 6.45) is 0. The van der Waals surface area contributed by atoms with E-state index in [9.17, 15) is 9.18 Å². The Morgan fingerprint density at radius 2 is 1.83 bits per heavy atom. The molecule has 4 rings (SSSR count). The first-order chi connectivity index (χ1) is 14.5. The number of anilines is 1. The van der Waals surface area contributed by atoms with E-state index in [-0.39, 0.29) is 17.5 Å². The van der Waals surface area contributed by atoms with Gasteiger partial charge in [-0.1, -0.05) is 65.3 Å². The minimum absolute atomic E-state index is 0.0984. The highest BCUT2D eigenvalue weighted by Crippen LogP contribution is 2.29. The highest BCUT2D eigenvalue weighted by Gasteiger charge is 2.13. The molecule has 150 valence electrons. The molecule has 4 aromatic rings. The van der Waals surface area contributed by atoms with Gasteiger partial charge in [0.15, 0.2) is 5.82 Å². The molecule has 4 nitrogen and oxygen atoms in total. The van der Waals surface area contributed by atoms with Gasteiger partial charge in [-0.3, -0.25) is 4.79 Å². The van der Waals surface area contributed by atoms with E-state index in [4.69, 9.17) is 11.6 Å². The smallest absolute Gasteiger partial charge is 0.234 e. The average Bonchev–Trinajstić information content (AvgIpc) is 2.74. The Bertz CT molecular complexity index is 1230. The predicted molar refractivity (Wildman–Crippen MR) is 120 cm³/mol. The first-order valence-electron chi connectivity index (χ1n) is 9.21. The van der Waals surface area contributed by atoms with Crippen molar-refractivity contribution in [2.45, 2.75) is 11.9 Å². The first kappa shape index (κ1) is 20.3. The van der Waals surface area contributed by atoms with Crippen LogP contribution in [0.4, 0.5) is 10.1 Å². The van der Waals surface area contributed by atoms with Gasteiger partial charge in [0.1, 0.15) is 10.8 Å². The third-order valence-corrected chi connectivity index (χ3v) is 5.74. The van der Waals surface area contributed by atoms with Gasteiger partial charge in [0, 0.05) is 10.9 Å². The van der Waals surface area contributed by atoms with E-state index in [2.05, 4.69) is 15.3 Å². The molecule has 0 saturated carbocycles. The summed E-state index contributed by atoms with van der Waals surface area (Å²) in [5, 5.41) is 4.36. The normalized spacial score (nSPS) is 10.9. The zero-order valence-corrected chi connectivity index (χ0v) is 17.6. The van der Waals surface area contributed by atoms with Gasteiger partial charge in [-0.25, -0.2) is 14.4 Å². The lowest BCUT2D eigenvalue weighted by atomic mass is 10.1. The molecule has 0 spiro atoms. The molecule has 30 heavy (non-hydrogen) atoms. The number of nitrogens with one attached hydrogen (secondary N) is 1. The van der Waals surface area contributed by atoms with Crippen molar-refractivity contribution in [2.75, 3.05) is 11.1 Å². The van der Waals surface area contributed by atoms with Crippen molar-refractivity contribution in [2.24, 2.45) is 0 Å². The van der Waals surface area contributed by atoms with E-state index >= 15 is 0 Å². The Labute approximate surface area is 182 Å². The molecule has 0 aliphatic carbocycles. The Kier molecular flexibility index (Phi) is 5.97. The van der Waals surface area contributed by atoms with Gasteiger partial charge in [-0.15, -0.1) is 0 Å². The van der Waals surface area contributed by atoms with Gasteiger partial charge in [0.25, 0.3) is 0 Å². The standard InChI is InChI=1S/C23H17ClFN3OS/c1-14-6-8-15(9-7-14)22-27-19-11-10-16(25)12-17(19)23(28-22)30-13-21(29)26-20-5-3-2-4-18(20)24/h2-12H,13H2,1H3,(H,26,29). The molecule has 0 aliphatic heterocycles.